The summed E-state index contributed by atoms with van der Waals surface area (Å²) < 4.78 is 0. The van der Waals surface area contributed by atoms with Crippen molar-refractivity contribution in [3.63, 3.8) is 0 Å². The highest BCUT2D eigenvalue weighted by atomic mass is 16.3. The minimum absolute atomic E-state index is 0.462. The lowest BCUT2D eigenvalue weighted by atomic mass is 9.89. The van der Waals surface area contributed by atoms with E-state index in [-0.39, 0.29) is 0 Å². The maximum atomic E-state index is 10.2. The van der Waals surface area contributed by atoms with Gasteiger partial charge < -0.3 is 10.2 Å². The van der Waals surface area contributed by atoms with Gasteiger partial charge in [0.05, 0.1) is 0 Å². The van der Waals surface area contributed by atoms with E-state index in [1.54, 1.807) is 0 Å². The van der Waals surface area contributed by atoms with Crippen molar-refractivity contribution in [2.45, 2.75) is 93.9 Å². The van der Waals surface area contributed by atoms with Crippen molar-refractivity contribution < 1.29 is 10.2 Å². The third-order valence-electron chi connectivity index (χ3n) is 7.09. The van der Waals surface area contributed by atoms with Gasteiger partial charge in [-0.2, -0.15) is 0 Å². The van der Waals surface area contributed by atoms with Crippen LogP contribution in [0.3, 0.4) is 0 Å². The summed E-state index contributed by atoms with van der Waals surface area (Å²) in [6.07, 6.45) is 7.02. The van der Waals surface area contributed by atoms with E-state index < -0.39 is 0 Å². The molecular weight excluding hydrogens is 344 g/mol. The minimum Gasteiger partial charge on any atom is -0.507 e. The zero-order valence-corrected chi connectivity index (χ0v) is 19.1. The molecule has 2 N–H and O–H groups in total. The highest BCUT2D eigenvalue weighted by Gasteiger charge is 2.15. The van der Waals surface area contributed by atoms with Gasteiger partial charge in [-0.15, -0.1) is 0 Å². The van der Waals surface area contributed by atoms with Crippen LogP contribution >= 0.6 is 0 Å². The first-order valence-electron chi connectivity index (χ1n) is 10.7. The summed E-state index contributed by atoms with van der Waals surface area (Å²) in [5, 5.41) is 20.5. The van der Waals surface area contributed by atoms with Gasteiger partial charge in [-0.3, -0.25) is 0 Å². The largest absolute Gasteiger partial charge is 0.507 e. The van der Waals surface area contributed by atoms with Gasteiger partial charge in [0, 0.05) is 0 Å². The molecule has 2 rings (SSSR count). The van der Waals surface area contributed by atoms with E-state index in [0.29, 0.717) is 11.5 Å². The molecule has 0 atom stereocenters. The molecular formula is C26H38O2. The molecule has 154 valence electrons. The number of phenols is 2. The van der Waals surface area contributed by atoms with E-state index in [2.05, 4.69) is 27.7 Å². The molecule has 0 aliphatic carbocycles. The van der Waals surface area contributed by atoms with Crippen molar-refractivity contribution in [3.05, 3.63) is 55.6 Å². The average Bonchev–Trinajstić information content (AvgIpc) is 2.68. The van der Waals surface area contributed by atoms with Crippen molar-refractivity contribution >= 4 is 0 Å². The third kappa shape index (κ3) is 4.21. The van der Waals surface area contributed by atoms with Crippen LogP contribution in [-0.4, -0.2) is 10.2 Å². The molecule has 2 nitrogen and oxygen atoms in total. The molecule has 0 saturated carbocycles. The highest BCUT2D eigenvalue weighted by Crippen LogP contribution is 2.33. The van der Waals surface area contributed by atoms with Crippen LogP contribution in [0.15, 0.2) is 0 Å². The fourth-order valence-electron chi connectivity index (χ4n) is 4.45. The molecule has 0 radical (unpaired) electrons. The van der Waals surface area contributed by atoms with E-state index in [9.17, 15) is 10.2 Å². The zero-order chi connectivity index (χ0) is 21.2. The van der Waals surface area contributed by atoms with Crippen LogP contribution in [0, 0.1) is 55.4 Å². The molecule has 0 bridgehead atoms. The second-order valence-corrected chi connectivity index (χ2v) is 8.57. The zero-order valence-electron chi connectivity index (χ0n) is 19.1. The van der Waals surface area contributed by atoms with Crippen molar-refractivity contribution in [1.82, 2.24) is 0 Å². The van der Waals surface area contributed by atoms with E-state index >= 15 is 0 Å². The molecule has 2 aromatic rings. The molecule has 2 heteroatoms. The molecule has 0 aromatic heterocycles. The fourth-order valence-corrected chi connectivity index (χ4v) is 4.45. The summed E-state index contributed by atoms with van der Waals surface area (Å²) in [6.45, 7) is 16.6. The Balaban J connectivity index is 1.93. The van der Waals surface area contributed by atoms with Crippen LogP contribution in [0.25, 0.3) is 0 Å². The Kier molecular flexibility index (Phi) is 7.20. The van der Waals surface area contributed by atoms with Crippen LogP contribution in [0.5, 0.6) is 11.5 Å². The van der Waals surface area contributed by atoms with Crippen molar-refractivity contribution in [2.24, 2.45) is 0 Å². The standard InChI is InChI=1S/C26H38O2/c1-15-19(5)25(27)20(6)16(2)23(15)13-11-9-10-12-14-24-17(3)21(7)26(28)22(8)18(24)4/h27-28H,9-14H2,1-8H3. The first kappa shape index (κ1) is 22.3. The number of unbranched alkanes of at least 4 members (excludes halogenated alkanes) is 3. The van der Waals surface area contributed by atoms with Crippen LogP contribution in [0.2, 0.25) is 0 Å². The average molecular weight is 383 g/mol. The summed E-state index contributed by atoms with van der Waals surface area (Å²) in [4.78, 5) is 0. The number of rotatable bonds is 7. The molecule has 0 saturated heterocycles. The predicted octanol–water partition coefficient (Wildman–Crippen LogP) is 6.91. The summed E-state index contributed by atoms with van der Waals surface area (Å²) in [5.74, 6) is 0.924. The molecule has 0 aliphatic rings. The summed E-state index contributed by atoms with van der Waals surface area (Å²) in [5.41, 5.74) is 12.0. The lowest BCUT2D eigenvalue weighted by Gasteiger charge is -2.18. The van der Waals surface area contributed by atoms with Crippen LogP contribution in [0.4, 0.5) is 0 Å². The van der Waals surface area contributed by atoms with Crippen LogP contribution < -0.4 is 0 Å². The van der Waals surface area contributed by atoms with Gasteiger partial charge in [0.25, 0.3) is 0 Å². The monoisotopic (exact) mass is 382 g/mol. The number of hydrogen-bond acceptors (Lipinski definition) is 2. The topological polar surface area (TPSA) is 40.5 Å². The minimum atomic E-state index is 0.462. The molecule has 28 heavy (non-hydrogen) atoms. The van der Waals surface area contributed by atoms with Gasteiger partial charge in [0.1, 0.15) is 11.5 Å². The van der Waals surface area contributed by atoms with Crippen LogP contribution in [-0.2, 0) is 12.8 Å². The molecule has 0 heterocycles. The Labute approximate surface area is 171 Å². The first-order valence-corrected chi connectivity index (χ1v) is 10.7. The van der Waals surface area contributed by atoms with Crippen molar-refractivity contribution in [2.75, 3.05) is 0 Å². The Morgan fingerprint density at radius 3 is 0.893 bits per heavy atom. The smallest absolute Gasteiger partial charge is 0.121 e. The van der Waals surface area contributed by atoms with Gasteiger partial charge >= 0.3 is 0 Å². The normalized spacial score (nSPS) is 11.3. The SMILES string of the molecule is Cc1c(C)c(CCCCCCc2c(C)c(C)c(O)c(C)c2C)c(C)c(C)c1O. The Morgan fingerprint density at radius 2 is 0.643 bits per heavy atom. The van der Waals surface area contributed by atoms with Gasteiger partial charge in [-0.05, 0) is 137 Å². The first-order chi connectivity index (χ1) is 13.1. The van der Waals surface area contributed by atoms with E-state index in [4.69, 9.17) is 0 Å². The number of hydrogen-bond donors (Lipinski definition) is 2. The lowest BCUT2D eigenvalue weighted by molar-refractivity contribution is 0.464. The molecule has 2 aromatic carbocycles. The number of phenolic OH excluding ortho intramolecular Hbond substituents is 2. The van der Waals surface area contributed by atoms with Crippen LogP contribution in [0.1, 0.15) is 81.3 Å². The number of aromatic hydroxyl groups is 2. The molecule has 0 fully saturated rings. The summed E-state index contributed by atoms with van der Waals surface area (Å²) in [7, 11) is 0. The van der Waals surface area contributed by atoms with Gasteiger partial charge in [0.2, 0.25) is 0 Å². The molecule has 0 spiro atoms. The van der Waals surface area contributed by atoms with E-state index in [1.807, 2.05) is 27.7 Å². The van der Waals surface area contributed by atoms with Gasteiger partial charge in [0.15, 0.2) is 0 Å². The summed E-state index contributed by atoms with van der Waals surface area (Å²) in [6, 6.07) is 0. The summed E-state index contributed by atoms with van der Waals surface area (Å²) >= 11 is 0. The Hall–Kier alpha value is -1.96. The second-order valence-electron chi connectivity index (χ2n) is 8.57. The van der Waals surface area contributed by atoms with E-state index in [0.717, 1.165) is 35.1 Å². The maximum Gasteiger partial charge on any atom is 0.121 e. The Morgan fingerprint density at radius 1 is 0.393 bits per heavy atom. The highest BCUT2D eigenvalue weighted by molar-refractivity contribution is 5.54. The number of benzene rings is 2. The molecule has 0 aliphatic heterocycles. The van der Waals surface area contributed by atoms with Crippen molar-refractivity contribution in [1.29, 1.82) is 0 Å². The van der Waals surface area contributed by atoms with E-state index in [1.165, 1.54) is 59.1 Å². The molecule has 0 unspecified atom stereocenters. The fraction of sp³-hybridized carbons (Fsp3) is 0.538. The van der Waals surface area contributed by atoms with Crippen molar-refractivity contribution in [3.8, 4) is 11.5 Å². The second kappa shape index (κ2) is 9.03. The van der Waals surface area contributed by atoms with Gasteiger partial charge in [-0.1, -0.05) is 12.8 Å². The Bertz CT molecular complexity index is 743. The lowest BCUT2D eigenvalue weighted by Crippen LogP contribution is -2.02. The quantitative estimate of drug-likeness (QED) is 0.511. The molecule has 0 amide bonds. The third-order valence-corrected chi connectivity index (χ3v) is 7.09. The predicted molar refractivity (Wildman–Crippen MR) is 120 cm³/mol. The van der Waals surface area contributed by atoms with Gasteiger partial charge in [-0.25, -0.2) is 0 Å². The maximum absolute atomic E-state index is 10.2.